The molecule has 0 saturated carbocycles. The summed E-state index contributed by atoms with van der Waals surface area (Å²) in [4.78, 5) is 14.0. The number of methoxy groups -OCH3 is 1. The van der Waals surface area contributed by atoms with Crippen LogP contribution in [-0.2, 0) is 24.8 Å². The number of halogens is 1. The van der Waals surface area contributed by atoms with Crippen molar-refractivity contribution in [2.24, 2.45) is 13.0 Å². The summed E-state index contributed by atoms with van der Waals surface area (Å²) >= 11 is 6.41. The molecule has 7 heteroatoms. The molecule has 0 amide bonds. The van der Waals surface area contributed by atoms with Crippen LogP contribution in [0.1, 0.15) is 29.7 Å². The molecule has 1 saturated heterocycles. The topological polar surface area (TPSA) is 67.6 Å². The Bertz CT molecular complexity index is 805. The van der Waals surface area contributed by atoms with Crippen LogP contribution in [0.4, 0.5) is 0 Å². The van der Waals surface area contributed by atoms with Crippen LogP contribution in [-0.4, -0.2) is 46.0 Å². The standard InChI is InChI=1S/C19H24ClN3O3/c1-4-16-15(18(20)22(2)21-16)11-23-9-13(14(10-23)19(24)25)12-7-5-6-8-17(12)26-3/h5-8,13-14H,4,9-11H2,1-3H3,(H,24,25)/t13-,14+/m0/s1. The lowest BCUT2D eigenvalue weighted by Gasteiger charge is -2.18. The minimum Gasteiger partial charge on any atom is -0.496 e. The van der Waals surface area contributed by atoms with E-state index < -0.39 is 11.9 Å². The summed E-state index contributed by atoms with van der Waals surface area (Å²) in [5, 5.41) is 14.8. The molecule has 2 heterocycles. The van der Waals surface area contributed by atoms with E-state index in [2.05, 4.69) is 10.00 Å². The van der Waals surface area contributed by atoms with Gasteiger partial charge in [-0.15, -0.1) is 0 Å². The quantitative estimate of drug-likeness (QED) is 0.838. The smallest absolute Gasteiger partial charge is 0.308 e. The van der Waals surface area contributed by atoms with E-state index >= 15 is 0 Å². The highest BCUT2D eigenvalue weighted by Gasteiger charge is 2.40. The number of hydrogen-bond acceptors (Lipinski definition) is 4. The van der Waals surface area contributed by atoms with Crippen molar-refractivity contribution >= 4 is 17.6 Å². The highest BCUT2D eigenvalue weighted by molar-refractivity contribution is 6.30. The van der Waals surface area contributed by atoms with Gasteiger partial charge in [0.1, 0.15) is 10.9 Å². The molecule has 6 nitrogen and oxygen atoms in total. The number of carboxylic acids is 1. The molecule has 0 radical (unpaired) electrons. The molecule has 1 fully saturated rings. The van der Waals surface area contributed by atoms with Gasteiger partial charge in [-0.2, -0.15) is 5.10 Å². The summed E-state index contributed by atoms with van der Waals surface area (Å²) in [7, 11) is 3.44. The number of ether oxygens (including phenoxy) is 1. The molecule has 0 aliphatic carbocycles. The van der Waals surface area contributed by atoms with E-state index in [0.29, 0.717) is 24.8 Å². The first kappa shape index (κ1) is 18.7. The van der Waals surface area contributed by atoms with Crippen LogP contribution >= 0.6 is 11.6 Å². The van der Waals surface area contributed by atoms with Crippen LogP contribution in [0.3, 0.4) is 0 Å². The maximum absolute atomic E-state index is 11.9. The Labute approximate surface area is 158 Å². The average molecular weight is 378 g/mol. The summed E-state index contributed by atoms with van der Waals surface area (Å²) in [6.07, 6.45) is 0.794. The molecule has 26 heavy (non-hydrogen) atoms. The van der Waals surface area contributed by atoms with Crippen molar-refractivity contribution in [1.82, 2.24) is 14.7 Å². The fraction of sp³-hybridized carbons (Fsp3) is 0.474. The second kappa shape index (κ2) is 7.68. The lowest BCUT2D eigenvalue weighted by atomic mass is 9.88. The van der Waals surface area contributed by atoms with Crippen molar-refractivity contribution in [3.63, 3.8) is 0 Å². The van der Waals surface area contributed by atoms with E-state index in [9.17, 15) is 9.90 Å². The number of carboxylic acid groups (broad SMARTS) is 1. The molecule has 0 spiro atoms. The Balaban J connectivity index is 1.87. The Morgan fingerprint density at radius 3 is 2.77 bits per heavy atom. The zero-order chi connectivity index (χ0) is 18.8. The first-order valence-corrected chi connectivity index (χ1v) is 9.12. The van der Waals surface area contributed by atoms with Gasteiger partial charge >= 0.3 is 5.97 Å². The van der Waals surface area contributed by atoms with E-state index in [1.54, 1.807) is 11.8 Å². The molecule has 1 aliphatic rings. The number of likely N-dealkylation sites (tertiary alicyclic amines) is 1. The third kappa shape index (κ3) is 3.44. The van der Waals surface area contributed by atoms with Crippen molar-refractivity contribution in [3.8, 4) is 5.75 Å². The van der Waals surface area contributed by atoms with Crippen molar-refractivity contribution in [2.45, 2.75) is 25.8 Å². The van der Waals surface area contributed by atoms with Crippen molar-refractivity contribution < 1.29 is 14.6 Å². The van der Waals surface area contributed by atoms with Gasteiger partial charge in [0.05, 0.1) is 18.7 Å². The minimum absolute atomic E-state index is 0.121. The van der Waals surface area contributed by atoms with Gasteiger partial charge in [0.15, 0.2) is 0 Å². The second-order valence-corrected chi connectivity index (χ2v) is 7.04. The monoisotopic (exact) mass is 377 g/mol. The van der Waals surface area contributed by atoms with Gasteiger partial charge in [0.2, 0.25) is 0 Å². The Hall–Kier alpha value is -2.05. The molecule has 3 rings (SSSR count). The maximum atomic E-state index is 11.9. The van der Waals surface area contributed by atoms with Crippen LogP contribution < -0.4 is 4.74 Å². The van der Waals surface area contributed by atoms with E-state index in [1.165, 1.54) is 0 Å². The maximum Gasteiger partial charge on any atom is 0.308 e. The zero-order valence-electron chi connectivity index (χ0n) is 15.3. The number of carbonyl (C=O) groups is 1. The van der Waals surface area contributed by atoms with Crippen molar-refractivity contribution in [1.29, 1.82) is 0 Å². The van der Waals surface area contributed by atoms with Gasteiger partial charge in [-0.05, 0) is 18.1 Å². The molecular formula is C19H24ClN3O3. The van der Waals surface area contributed by atoms with Gasteiger partial charge in [-0.1, -0.05) is 36.7 Å². The molecule has 1 aliphatic heterocycles. The number of aromatic nitrogens is 2. The molecule has 2 aromatic rings. The number of benzene rings is 1. The largest absolute Gasteiger partial charge is 0.496 e. The number of nitrogens with zero attached hydrogens (tertiary/aromatic N) is 3. The van der Waals surface area contributed by atoms with Crippen LogP contribution in [0.5, 0.6) is 5.75 Å². The third-order valence-corrected chi connectivity index (χ3v) is 5.59. The van der Waals surface area contributed by atoms with Crippen LogP contribution in [0.2, 0.25) is 5.15 Å². The Morgan fingerprint density at radius 2 is 2.12 bits per heavy atom. The molecule has 1 aromatic heterocycles. The molecule has 2 atom stereocenters. The summed E-state index contributed by atoms with van der Waals surface area (Å²) in [6, 6.07) is 7.65. The molecule has 140 valence electrons. The predicted octanol–water partition coefficient (Wildman–Crippen LogP) is 2.94. The average Bonchev–Trinajstić information content (AvgIpc) is 3.18. The van der Waals surface area contributed by atoms with Gasteiger partial charge in [-0.3, -0.25) is 14.4 Å². The fourth-order valence-corrected chi connectivity index (χ4v) is 4.02. The Kier molecular flexibility index (Phi) is 5.53. The number of hydrogen-bond donors (Lipinski definition) is 1. The van der Waals surface area contributed by atoms with Gasteiger partial charge in [0, 0.05) is 38.2 Å². The normalized spacial score (nSPS) is 20.5. The minimum atomic E-state index is -0.781. The zero-order valence-corrected chi connectivity index (χ0v) is 16.0. The van der Waals surface area contributed by atoms with Crippen LogP contribution in [0.25, 0.3) is 0 Å². The lowest BCUT2D eigenvalue weighted by Crippen LogP contribution is -2.23. The summed E-state index contributed by atoms with van der Waals surface area (Å²) in [6.45, 7) is 3.77. The molecule has 1 N–H and O–H groups in total. The molecule has 0 unspecified atom stereocenters. The number of para-hydroxylation sites is 1. The summed E-state index contributed by atoms with van der Waals surface area (Å²) < 4.78 is 7.13. The van der Waals surface area contributed by atoms with Gasteiger partial charge in [0.25, 0.3) is 0 Å². The van der Waals surface area contributed by atoms with Crippen LogP contribution in [0, 0.1) is 5.92 Å². The van der Waals surface area contributed by atoms with E-state index in [1.807, 2.05) is 38.2 Å². The summed E-state index contributed by atoms with van der Waals surface area (Å²) in [5.74, 6) is -0.647. The van der Waals surface area contributed by atoms with E-state index in [-0.39, 0.29) is 5.92 Å². The third-order valence-electron chi connectivity index (χ3n) is 5.12. The molecule has 0 bridgehead atoms. The SMILES string of the molecule is CCc1nn(C)c(Cl)c1CN1C[C@@H](C(=O)O)[C@H](c2ccccc2OC)C1. The number of aliphatic carboxylic acids is 1. The van der Waals surface area contributed by atoms with Gasteiger partial charge < -0.3 is 9.84 Å². The number of rotatable bonds is 6. The second-order valence-electron chi connectivity index (χ2n) is 6.68. The van der Waals surface area contributed by atoms with Gasteiger partial charge in [-0.25, -0.2) is 0 Å². The first-order chi connectivity index (χ1) is 12.5. The Morgan fingerprint density at radius 1 is 1.38 bits per heavy atom. The number of aryl methyl sites for hydroxylation is 2. The van der Waals surface area contributed by atoms with E-state index in [4.69, 9.17) is 16.3 Å². The summed E-state index contributed by atoms with van der Waals surface area (Å²) in [5.41, 5.74) is 2.89. The lowest BCUT2D eigenvalue weighted by molar-refractivity contribution is -0.141. The highest BCUT2D eigenvalue weighted by atomic mass is 35.5. The molecule has 1 aromatic carbocycles. The predicted molar refractivity (Wildman–Crippen MR) is 99.7 cm³/mol. The van der Waals surface area contributed by atoms with E-state index in [0.717, 1.165) is 29.0 Å². The van der Waals surface area contributed by atoms with Crippen molar-refractivity contribution in [2.75, 3.05) is 20.2 Å². The molecular weight excluding hydrogens is 354 g/mol. The fourth-order valence-electron chi connectivity index (χ4n) is 3.82. The first-order valence-electron chi connectivity index (χ1n) is 8.74. The highest BCUT2D eigenvalue weighted by Crippen LogP contribution is 2.38. The van der Waals surface area contributed by atoms with Crippen LogP contribution in [0.15, 0.2) is 24.3 Å². The van der Waals surface area contributed by atoms with Crippen molar-refractivity contribution in [3.05, 3.63) is 46.2 Å².